The summed E-state index contributed by atoms with van der Waals surface area (Å²) in [6.07, 6.45) is 5.77. The van der Waals surface area contributed by atoms with Gasteiger partial charge in [-0.05, 0) is 31.0 Å². The summed E-state index contributed by atoms with van der Waals surface area (Å²) in [5, 5.41) is 3.80. The van der Waals surface area contributed by atoms with Crippen LogP contribution in [-0.4, -0.2) is 33.9 Å². The summed E-state index contributed by atoms with van der Waals surface area (Å²) in [4.78, 5) is 0. The molecule has 0 spiro atoms. The number of hydrogen-bond acceptors (Lipinski definition) is 4. The fourth-order valence-corrected chi connectivity index (χ4v) is 3.51. The first-order valence-corrected chi connectivity index (χ1v) is 9.22. The molecule has 0 radical (unpaired) electrons. The van der Waals surface area contributed by atoms with Crippen molar-refractivity contribution in [3.63, 3.8) is 0 Å². The summed E-state index contributed by atoms with van der Waals surface area (Å²) in [6, 6.07) is 5.47. The van der Waals surface area contributed by atoms with Crippen LogP contribution in [0.1, 0.15) is 25.7 Å². The molecule has 0 saturated heterocycles. The van der Waals surface area contributed by atoms with E-state index in [4.69, 9.17) is 16.3 Å². The SMILES string of the molecule is COC1CCCCC1Nc1ccc(NS(C)(=O)=O)c(Cl)c1. The Morgan fingerprint density at radius 3 is 2.62 bits per heavy atom. The van der Waals surface area contributed by atoms with Crippen molar-refractivity contribution in [3.05, 3.63) is 23.2 Å². The Bertz CT molecular complexity index is 592. The molecule has 118 valence electrons. The summed E-state index contributed by atoms with van der Waals surface area (Å²) < 4.78 is 30.4. The van der Waals surface area contributed by atoms with E-state index in [1.54, 1.807) is 19.2 Å². The molecular formula is C14H21ClN2O3S. The van der Waals surface area contributed by atoms with Gasteiger partial charge in [-0.3, -0.25) is 4.72 Å². The molecule has 0 amide bonds. The summed E-state index contributed by atoms with van der Waals surface area (Å²) in [7, 11) is -1.59. The lowest BCUT2D eigenvalue weighted by molar-refractivity contribution is 0.0606. The van der Waals surface area contributed by atoms with Gasteiger partial charge in [0.1, 0.15) is 0 Å². The summed E-state index contributed by atoms with van der Waals surface area (Å²) in [6.45, 7) is 0. The van der Waals surface area contributed by atoms with Gasteiger partial charge in [-0.2, -0.15) is 0 Å². The zero-order chi connectivity index (χ0) is 15.5. The van der Waals surface area contributed by atoms with Gasteiger partial charge >= 0.3 is 0 Å². The third-order valence-corrected chi connectivity index (χ3v) is 4.53. The van der Waals surface area contributed by atoms with Crippen LogP contribution in [0, 0.1) is 0 Å². The van der Waals surface area contributed by atoms with E-state index >= 15 is 0 Å². The van der Waals surface area contributed by atoms with Crippen molar-refractivity contribution in [2.45, 2.75) is 37.8 Å². The number of sulfonamides is 1. The average Bonchev–Trinajstić information content (AvgIpc) is 2.41. The van der Waals surface area contributed by atoms with Crippen LogP contribution < -0.4 is 10.0 Å². The minimum Gasteiger partial charge on any atom is -0.380 e. The van der Waals surface area contributed by atoms with Crippen molar-refractivity contribution in [1.82, 2.24) is 0 Å². The van der Waals surface area contributed by atoms with Crippen LogP contribution in [0.3, 0.4) is 0 Å². The molecule has 2 atom stereocenters. The number of halogens is 1. The number of anilines is 2. The standard InChI is InChI=1S/C14H21ClN2O3S/c1-20-14-6-4-3-5-13(14)16-10-7-8-12(11(15)9-10)17-21(2,18)19/h7-9,13-14,16-17H,3-6H2,1-2H3. The summed E-state index contributed by atoms with van der Waals surface area (Å²) >= 11 is 6.13. The number of hydrogen-bond donors (Lipinski definition) is 2. The Labute approximate surface area is 131 Å². The van der Waals surface area contributed by atoms with Crippen LogP contribution >= 0.6 is 11.6 Å². The highest BCUT2D eigenvalue weighted by Crippen LogP contribution is 2.29. The Morgan fingerprint density at radius 2 is 2.00 bits per heavy atom. The molecule has 1 aliphatic carbocycles. The molecule has 2 unspecified atom stereocenters. The quantitative estimate of drug-likeness (QED) is 0.869. The first-order valence-electron chi connectivity index (χ1n) is 6.96. The smallest absolute Gasteiger partial charge is 0.229 e. The first kappa shape index (κ1) is 16.4. The van der Waals surface area contributed by atoms with Crippen LogP contribution in [0.25, 0.3) is 0 Å². The van der Waals surface area contributed by atoms with E-state index < -0.39 is 10.0 Å². The van der Waals surface area contributed by atoms with E-state index in [-0.39, 0.29) is 12.1 Å². The lowest BCUT2D eigenvalue weighted by Gasteiger charge is -2.31. The van der Waals surface area contributed by atoms with Crippen molar-refractivity contribution >= 4 is 33.0 Å². The molecular weight excluding hydrogens is 312 g/mol. The second-order valence-electron chi connectivity index (χ2n) is 5.38. The predicted molar refractivity (Wildman–Crippen MR) is 86.6 cm³/mol. The molecule has 0 bridgehead atoms. The monoisotopic (exact) mass is 332 g/mol. The molecule has 0 aromatic heterocycles. The van der Waals surface area contributed by atoms with Gasteiger partial charge in [0.25, 0.3) is 0 Å². The average molecular weight is 333 g/mol. The summed E-state index contributed by atoms with van der Waals surface area (Å²) in [5.74, 6) is 0. The van der Waals surface area contributed by atoms with Gasteiger partial charge in [0.05, 0.1) is 29.1 Å². The molecule has 1 fully saturated rings. The maximum Gasteiger partial charge on any atom is 0.229 e. The van der Waals surface area contributed by atoms with Crippen LogP contribution in [0.4, 0.5) is 11.4 Å². The Balaban J connectivity index is 2.09. The third kappa shape index (κ3) is 4.76. The van der Waals surface area contributed by atoms with Gasteiger partial charge in [-0.1, -0.05) is 24.4 Å². The number of nitrogens with one attached hydrogen (secondary N) is 2. The highest BCUT2D eigenvalue weighted by molar-refractivity contribution is 7.92. The third-order valence-electron chi connectivity index (χ3n) is 3.62. The fourth-order valence-electron chi connectivity index (χ4n) is 2.65. The second kappa shape index (κ2) is 6.85. The molecule has 0 heterocycles. The minimum atomic E-state index is -3.33. The molecule has 2 N–H and O–H groups in total. The van der Waals surface area contributed by atoms with Crippen molar-refractivity contribution in [1.29, 1.82) is 0 Å². The van der Waals surface area contributed by atoms with Crippen LogP contribution in [0.2, 0.25) is 5.02 Å². The molecule has 21 heavy (non-hydrogen) atoms. The minimum absolute atomic E-state index is 0.200. The molecule has 5 nitrogen and oxygen atoms in total. The Morgan fingerprint density at radius 1 is 1.29 bits per heavy atom. The van der Waals surface area contributed by atoms with E-state index in [1.165, 1.54) is 12.8 Å². The molecule has 1 aliphatic rings. The normalized spacial score (nSPS) is 22.8. The number of methoxy groups -OCH3 is 1. The van der Waals surface area contributed by atoms with Gasteiger partial charge in [0.15, 0.2) is 0 Å². The van der Waals surface area contributed by atoms with Crippen molar-refractivity contribution in [2.75, 3.05) is 23.4 Å². The number of ether oxygens (including phenoxy) is 1. The zero-order valence-electron chi connectivity index (χ0n) is 12.2. The molecule has 1 aromatic carbocycles. The van der Waals surface area contributed by atoms with Gasteiger partial charge in [0.2, 0.25) is 10.0 Å². The van der Waals surface area contributed by atoms with Crippen LogP contribution in [0.5, 0.6) is 0 Å². The number of benzene rings is 1. The molecule has 1 aromatic rings. The zero-order valence-corrected chi connectivity index (χ0v) is 13.8. The lowest BCUT2D eigenvalue weighted by Crippen LogP contribution is -2.37. The Kier molecular flexibility index (Phi) is 5.35. The number of rotatable bonds is 5. The largest absolute Gasteiger partial charge is 0.380 e. The lowest BCUT2D eigenvalue weighted by atomic mass is 9.92. The van der Waals surface area contributed by atoms with Gasteiger partial charge in [-0.15, -0.1) is 0 Å². The van der Waals surface area contributed by atoms with E-state index in [1.807, 2.05) is 6.07 Å². The predicted octanol–water partition coefficient (Wildman–Crippen LogP) is 3.08. The topological polar surface area (TPSA) is 67.4 Å². The van der Waals surface area contributed by atoms with Gasteiger partial charge in [0, 0.05) is 12.8 Å². The highest BCUT2D eigenvalue weighted by atomic mass is 35.5. The molecule has 1 saturated carbocycles. The maximum atomic E-state index is 11.2. The van der Waals surface area contributed by atoms with E-state index in [0.29, 0.717) is 10.7 Å². The van der Waals surface area contributed by atoms with Crippen LogP contribution in [0.15, 0.2) is 18.2 Å². The second-order valence-corrected chi connectivity index (χ2v) is 7.53. The first-order chi connectivity index (χ1) is 9.89. The fraction of sp³-hybridized carbons (Fsp3) is 0.571. The summed E-state index contributed by atoms with van der Waals surface area (Å²) in [5.41, 5.74) is 1.25. The molecule has 0 aliphatic heterocycles. The molecule has 2 rings (SSSR count). The maximum absolute atomic E-state index is 11.2. The van der Waals surface area contributed by atoms with Gasteiger partial charge in [-0.25, -0.2) is 8.42 Å². The van der Waals surface area contributed by atoms with Crippen molar-refractivity contribution < 1.29 is 13.2 Å². The van der Waals surface area contributed by atoms with Crippen molar-refractivity contribution in [2.24, 2.45) is 0 Å². The van der Waals surface area contributed by atoms with Crippen LogP contribution in [-0.2, 0) is 14.8 Å². The van der Waals surface area contributed by atoms with E-state index in [2.05, 4.69) is 10.0 Å². The van der Waals surface area contributed by atoms with Crippen molar-refractivity contribution in [3.8, 4) is 0 Å². The van der Waals surface area contributed by atoms with Gasteiger partial charge < -0.3 is 10.1 Å². The van der Waals surface area contributed by atoms with E-state index in [9.17, 15) is 8.42 Å². The molecule has 7 heteroatoms. The highest BCUT2D eigenvalue weighted by Gasteiger charge is 2.24. The van der Waals surface area contributed by atoms with E-state index in [0.717, 1.165) is 24.8 Å². The Hall–Kier alpha value is -0.980.